The number of methoxy groups -OCH3 is 1. The quantitative estimate of drug-likeness (QED) is 0.410. The summed E-state index contributed by atoms with van der Waals surface area (Å²) in [6.45, 7) is 3.89. The molecule has 11 heteroatoms. The van der Waals surface area contributed by atoms with Crippen LogP contribution in [-0.2, 0) is 20.0 Å². The zero-order chi connectivity index (χ0) is 24.9. The van der Waals surface area contributed by atoms with Crippen LogP contribution in [-0.4, -0.2) is 36.4 Å². The number of ether oxygens (including phenoxy) is 1. The van der Waals surface area contributed by atoms with E-state index in [-0.39, 0.29) is 26.8 Å². The summed E-state index contributed by atoms with van der Waals surface area (Å²) in [7, 11) is -6.54. The van der Waals surface area contributed by atoms with Crippen LogP contribution in [0.25, 0.3) is 0 Å². The molecule has 3 aromatic rings. The Morgan fingerprint density at radius 2 is 1.47 bits per heavy atom. The smallest absolute Gasteiger partial charge is 0.261 e. The lowest BCUT2D eigenvalue weighted by molar-refractivity contribution is 0.0952. The summed E-state index contributed by atoms with van der Waals surface area (Å²) in [5.41, 5.74) is 1.46. The van der Waals surface area contributed by atoms with E-state index in [9.17, 15) is 21.6 Å². The Balaban J connectivity index is 1.83. The number of rotatable bonds is 9. The molecule has 0 aliphatic carbocycles. The minimum absolute atomic E-state index is 0.0262. The molecule has 0 unspecified atom stereocenters. The minimum Gasteiger partial charge on any atom is -0.496 e. The highest BCUT2D eigenvalue weighted by Gasteiger charge is 2.21. The summed E-state index contributed by atoms with van der Waals surface area (Å²) < 4.78 is 61.2. The van der Waals surface area contributed by atoms with Crippen LogP contribution >= 0.6 is 0 Å². The van der Waals surface area contributed by atoms with Crippen LogP contribution in [0.4, 0.5) is 11.4 Å². The van der Waals surface area contributed by atoms with E-state index in [1.807, 2.05) is 0 Å². The maximum absolute atomic E-state index is 12.9. The van der Waals surface area contributed by atoms with Crippen LogP contribution in [0, 0.1) is 6.92 Å². The van der Waals surface area contributed by atoms with Crippen molar-refractivity contribution < 1.29 is 26.4 Å². The highest BCUT2D eigenvalue weighted by molar-refractivity contribution is 7.93. The molecule has 0 atom stereocenters. The van der Waals surface area contributed by atoms with Gasteiger partial charge in [0.05, 0.1) is 28.2 Å². The normalized spacial score (nSPS) is 11.5. The van der Waals surface area contributed by atoms with Gasteiger partial charge in [-0.2, -0.15) is 0 Å². The van der Waals surface area contributed by atoms with E-state index in [0.717, 1.165) is 5.56 Å². The van der Waals surface area contributed by atoms with Gasteiger partial charge in [-0.25, -0.2) is 16.8 Å². The molecule has 0 heterocycles. The number of sulfonamides is 2. The van der Waals surface area contributed by atoms with Crippen molar-refractivity contribution in [2.24, 2.45) is 0 Å². The number of anilines is 2. The standard InChI is InChI=1S/C23H25N3O6S2/c1-4-24-23(27)20-15-19(13-14-22(20)32-3)34(30,31)25-17-9-11-18(12-10-17)33(28,29)26-21-8-6-5-7-16(21)2/h5-15,25-26H,4H2,1-3H3,(H,24,27). The van der Waals surface area contributed by atoms with Gasteiger partial charge in [0.1, 0.15) is 5.75 Å². The maximum Gasteiger partial charge on any atom is 0.261 e. The van der Waals surface area contributed by atoms with Crippen molar-refractivity contribution in [1.29, 1.82) is 0 Å². The van der Waals surface area contributed by atoms with Gasteiger partial charge < -0.3 is 10.1 Å². The van der Waals surface area contributed by atoms with Gasteiger partial charge in [0.2, 0.25) is 0 Å². The van der Waals surface area contributed by atoms with Gasteiger partial charge in [0, 0.05) is 12.2 Å². The van der Waals surface area contributed by atoms with Crippen molar-refractivity contribution in [2.45, 2.75) is 23.6 Å². The summed E-state index contributed by atoms with van der Waals surface area (Å²) in [5.74, 6) is -0.229. The van der Waals surface area contributed by atoms with Gasteiger partial charge >= 0.3 is 0 Å². The van der Waals surface area contributed by atoms with Crippen LogP contribution in [0.2, 0.25) is 0 Å². The monoisotopic (exact) mass is 503 g/mol. The van der Waals surface area contributed by atoms with E-state index in [1.165, 1.54) is 49.6 Å². The fourth-order valence-corrected chi connectivity index (χ4v) is 5.31. The molecule has 0 bridgehead atoms. The maximum atomic E-state index is 12.9. The molecule has 3 N–H and O–H groups in total. The van der Waals surface area contributed by atoms with Gasteiger partial charge in [0.15, 0.2) is 0 Å². The molecule has 0 spiro atoms. The topological polar surface area (TPSA) is 131 Å². The molecular formula is C23H25N3O6S2. The number of hydrogen-bond acceptors (Lipinski definition) is 6. The molecular weight excluding hydrogens is 478 g/mol. The summed E-state index contributed by atoms with van der Waals surface area (Å²) in [6.07, 6.45) is 0. The van der Waals surface area contributed by atoms with E-state index in [1.54, 1.807) is 38.1 Å². The second-order valence-corrected chi connectivity index (χ2v) is 10.6. The van der Waals surface area contributed by atoms with Crippen molar-refractivity contribution in [3.05, 3.63) is 77.9 Å². The highest BCUT2D eigenvalue weighted by atomic mass is 32.2. The Kier molecular flexibility index (Phi) is 7.48. The second-order valence-electron chi connectivity index (χ2n) is 7.27. The van der Waals surface area contributed by atoms with Gasteiger partial charge in [0.25, 0.3) is 26.0 Å². The molecule has 0 aliphatic heterocycles. The molecule has 34 heavy (non-hydrogen) atoms. The summed E-state index contributed by atoms with van der Waals surface area (Å²) >= 11 is 0. The number of carbonyl (C=O) groups excluding carboxylic acids is 1. The number of benzene rings is 3. The average Bonchev–Trinajstić information content (AvgIpc) is 2.80. The molecule has 3 aromatic carbocycles. The lowest BCUT2D eigenvalue weighted by Gasteiger charge is -2.13. The first-order valence-electron chi connectivity index (χ1n) is 10.2. The molecule has 3 rings (SSSR count). The first-order valence-corrected chi connectivity index (χ1v) is 13.2. The molecule has 0 fully saturated rings. The first kappa shape index (κ1) is 25.1. The molecule has 180 valence electrons. The van der Waals surface area contributed by atoms with Gasteiger partial charge in [-0.3, -0.25) is 14.2 Å². The zero-order valence-electron chi connectivity index (χ0n) is 18.8. The van der Waals surface area contributed by atoms with Crippen molar-refractivity contribution in [2.75, 3.05) is 23.1 Å². The Morgan fingerprint density at radius 1 is 0.853 bits per heavy atom. The van der Waals surface area contributed by atoms with E-state index < -0.39 is 26.0 Å². The average molecular weight is 504 g/mol. The predicted octanol–water partition coefficient (Wildman–Crippen LogP) is 3.35. The van der Waals surface area contributed by atoms with Gasteiger partial charge in [-0.05, 0) is 67.9 Å². The molecule has 0 radical (unpaired) electrons. The first-order chi connectivity index (χ1) is 16.1. The SMILES string of the molecule is CCNC(=O)c1cc(S(=O)(=O)Nc2ccc(S(=O)(=O)Nc3ccccc3C)cc2)ccc1OC. The Hall–Kier alpha value is -3.57. The van der Waals surface area contributed by atoms with Crippen LogP contribution in [0.5, 0.6) is 5.75 Å². The van der Waals surface area contributed by atoms with Crippen LogP contribution in [0.15, 0.2) is 76.5 Å². The zero-order valence-corrected chi connectivity index (χ0v) is 20.5. The number of nitrogens with one attached hydrogen (secondary N) is 3. The van der Waals surface area contributed by atoms with Crippen LogP contribution in [0.1, 0.15) is 22.8 Å². The summed E-state index contributed by atoms with van der Waals surface area (Å²) in [6, 6.07) is 16.2. The van der Waals surface area contributed by atoms with E-state index >= 15 is 0 Å². The van der Waals surface area contributed by atoms with Crippen LogP contribution < -0.4 is 19.5 Å². The van der Waals surface area contributed by atoms with E-state index in [2.05, 4.69) is 14.8 Å². The third-order valence-electron chi connectivity index (χ3n) is 4.87. The van der Waals surface area contributed by atoms with Gasteiger partial charge in [-0.1, -0.05) is 18.2 Å². The van der Waals surface area contributed by atoms with E-state index in [4.69, 9.17) is 4.74 Å². The number of para-hydroxylation sites is 1. The number of carbonyl (C=O) groups is 1. The molecule has 0 aliphatic rings. The fourth-order valence-electron chi connectivity index (χ4n) is 3.09. The number of hydrogen-bond donors (Lipinski definition) is 3. The molecule has 0 aromatic heterocycles. The van der Waals surface area contributed by atoms with Gasteiger partial charge in [-0.15, -0.1) is 0 Å². The Labute approximate surface area is 199 Å². The fraction of sp³-hybridized carbons (Fsp3) is 0.174. The lowest BCUT2D eigenvalue weighted by atomic mass is 10.2. The predicted molar refractivity (Wildman–Crippen MR) is 130 cm³/mol. The van der Waals surface area contributed by atoms with Crippen molar-refractivity contribution in [3.8, 4) is 5.75 Å². The van der Waals surface area contributed by atoms with Crippen molar-refractivity contribution in [1.82, 2.24) is 5.32 Å². The molecule has 1 amide bonds. The van der Waals surface area contributed by atoms with E-state index in [0.29, 0.717) is 12.2 Å². The number of aryl methyl sites for hydroxylation is 1. The Morgan fingerprint density at radius 3 is 2.09 bits per heavy atom. The largest absolute Gasteiger partial charge is 0.496 e. The lowest BCUT2D eigenvalue weighted by Crippen LogP contribution is -2.24. The highest BCUT2D eigenvalue weighted by Crippen LogP contribution is 2.25. The molecule has 9 nitrogen and oxygen atoms in total. The summed E-state index contributed by atoms with van der Waals surface area (Å²) in [4.78, 5) is 12.1. The number of amides is 1. The summed E-state index contributed by atoms with van der Waals surface area (Å²) in [5, 5.41) is 2.61. The van der Waals surface area contributed by atoms with Crippen molar-refractivity contribution >= 4 is 37.3 Å². The molecule has 0 saturated carbocycles. The second kappa shape index (κ2) is 10.1. The van der Waals surface area contributed by atoms with Crippen molar-refractivity contribution in [3.63, 3.8) is 0 Å². The third kappa shape index (κ3) is 5.67. The van der Waals surface area contributed by atoms with Crippen LogP contribution in [0.3, 0.4) is 0 Å². The molecule has 0 saturated heterocycles. The Bertz CT molecular complexity index is 1400. The minimum atomic E-state index is -4.06. The third-order valence-corrected chi connectivity index (χ3v) is 7.63.